The molecular formula is C55H70ClFN4O6. The monoisotopic (exact) mass is 936 g/mol. The third-order valence-electron chi connectivity index (χ3n) is 15.3. The van der Waals surface area contributed by atoms with Crippen molar-refractivity contribution in [3.63, 3.8) is 0 Å². The number of rotatable bonds is 20. The van der Waals surface area contributed by atoms with Crippen LogP contribution in [-0.4, -0.2) is 96.5 Å². The van der Waals surface area contributed by atoms with Gasteiger partial charge in [0.2, 0.25) is 5.91 Å². The van der Waals surface area contributed by atoms with E-state index in [2.05, 4.69) is 53.3 Å². The van der Waals surface area contributed by atoms with E-state index in [-0.39, 0.29) is 17.2 Å². The number of pyridine rings is 1. The molecule has 360 valence electrons. The molecule has 1 aromatic heterocycles. The number of hydrogen-bond donors (Lipinski definition) is 2. The Balaban J connectivity index is 0.873. The first-order chi connectivity index (χ1) is 32.4. The molecule has 0 bridgehead atoms. The molecule has 2 fully saturated rings. The first-order valence-electron chi connectivity index (χ1n) is 24.9. The summed E-state index contributed by atoms with van der Waals surface area (Å²) in [6.45, 7) is 9.09. The number of nitrogens with zero attached hydrogens (tertiary/aromatic N) is 3. The normalized spacial score (nSPS) is 23.2. The van der Waals surface area contributed by atoms with E-state index in [9.17, 15) is 19.1 Å². The van der Waals surface area contributed by atoms with E-state index in [4.69, 9.17) is 25.8 Å². The van der Waals surface area contributed by atoms with Crippen LogP contribution in [0.15, 0.2) is 79.0 Å². The zero-order chi connectivity index (χ0) is 47.0. The third kappa shape index (κ3) is 11.9. The van der Waals surface area contributed by atoms with Crippen molar-refractivity contribution >= 4 is 29.2 Å². The molecule has 1 saturated carbocycles. The van der Waals surface area contributed by atoms with Crippen LogP contribution in [0, 0.1) is 11.8 Å². The van der Waals surface area contributed by atoms with Gasteiger partial charge in [-0.05, 0) is 172 Å². The van der Waals surface area contributed by atoms with E-state index >= 15 is 0 Å². The van der Waals surface area contributed by atoms with Crippen LogP contribution in [0.5, 0.6) is 17.2 Å². The summed E-state index contributed by atoms with van der Waals surface area (Å²) in [5, 5.41) is 14.7. The number of aliphatic carboxylic acids is 1. The predicted octanol–water partition coefficient (Wildman–Crippen LogP) is 10.9. The molecule has 2 heterocycles. The van der Waals surface area contributed by atoms with E-state index in [1.807, 2.05) is 49.6 Å². The molecule has 67 heavy (non-hydrogen) atoms. The minimum absolute atomic E-state index is 0.0794. The van der Waals surface area contributed by atoms with E-state index in [0.29, 0.717) is 87.4 Å². The summed E-state index contributed by atoms with van der Waals surface area (Å²) < 4.78 is 32.5. The highest BCUT2D eigenvalue weighted by molar-refractivity contribution is 6.30. The Hall–Kier alpha value is -4.87. The molecule has 3 atom stereocenters. The van der Waals surface area contributed by atoms with E-state index in [1.54, 1.807) is 17.0 Å². The number of fused-ring (bicyclic) bond motifs is 3. The number of nitrogens with one attached hydrogen (secondary N) is 1. The maximum absolute atomic E-state index is 13.5. The van der Waals surface area contributed by atoms with Gasteiger partial charge in [0.15, 0.2) is 0 Å². The summed E-state index contributed by atoms with van der Waals surface area (Å²) in [6.07, 6.45) is 11.7. The molecule has 0 unspecified atom stereocenters. The number of likely N-dealkylation sites (N-methyl/N-ethyl adjacent to an activating group) is 1. The highest BCUT2D eigenvalue weighted by Crippen LogP contribution is 2.57. The van der Waals surface area contributed by atoms with Crippen LogP contribution in [0.25, 0.3) is 0 Å². The molecule has 10 nitrogen and oxygen atoms in total. The second-order valence-corrected chi connectivity index (χ2v) is 20.5. The summed E-state index contributed by atoms with van der Waals surface area (Å²) in [7, 11) is 1.86. The van der Waals surface area contributed by atoms with Crippen LogP contribution in [-0.2, 0) is 34.3 Å². The van der Waals surface area contributed by atoms with Gasteiger partial charge in [-0.25, -0.2) is 9.18 Å². The van der Waals surface area contributed by atoms with Gasteiger partial charge in [0.25, 0.3) is 0 Å². The lowest BCUT2D eigenvalue weighted by atomic mass is 9.59. The number of ether oxygens (including phenoxy) is 3. The molecule has 1 saturated heterocycles. The van der Waals surface area contributed by atoms with Crippen LogP contribution in [0.2, 0.25) is 5.02 Å². The van der Waals surface area contributed by atoms with Gasteiger partial charge in [0.1, 0.15) is 35.6 Å². The lowest BCUT2D eigenvalue weighted by Crippen LogP contribution is -2.53. The number of halogens is 2. The molecular weight excluding hydrogens is 867 g/mol. The Labute approximate surface area is 401 Å². The number of hydrogen-bond acceptors (Lipinski definition) is 8. The SMILES string of the molecule is C[C@@H](COc1ccnc2c1[C@H](C)CCC2)C[C@H]1Cc2ccc(OCCCC(=O)N(C)CCc3cccc(OCCN4CCC(F)CC4)c3)cc2C12CCC(Nc1cccc(Cl)c1)(C(=O)O)CC2. The fourth-order valence-electron chi connectivity index (χ4n) is 11.4. The molecule has 4 aromatic rings. The average Bonchev–Trinajstić information content (AvgIpc) is 3.61. The van der Waals surface area contributed by atoms with Crippen molar-refractivity contribution < 1.29 is 33.3 Å². The Morgan fingerprint density at radius 1 is 0.970 bits per heavy atom. The van der Waals surface area contributed by atoms with E-state index in [1.165, 1.54) is 22.4 Å². The number of carbonyl (C=O) groups excluding carboxylic acids is 1. The quantitative estimate of drug-likeness (QED) is 0.0836. The van der Waals surface area contributed by atoms with Crippen molar-refractivity contribution in [1.82, 2.24) is 14.8 Å². The summed E-state index contributed by atoms with van der Waals surface area (Å²) in [5.41, 5.74) is 5.50. The zero-order valence-corrected chi connectivity index (χ0v) is 40.5. The van der Waals surface area contributed by atoms with Crippen molar-refractivity contribution in [2.24, 2.45) is 11.8 Å². The molecule has 1 spiro atoms. The standard InChI is InChI=1S/C55H70ClFN4O6/c1-38(37-67-50-17-25-58-49-13-4-8-39(2)52(49)50)32-42-34-41-15-16-47(36-48(41)54(42)21-23-55(24-22-54,53(63)64)59-45-11-6-10-43(56)35-45)65-30-7-14-51(62)60(3)26-18-40-9-5-12-46(33-40)66-31-29-61-27-19-44(57)20-28-61/h5-6,9-12,15-17,25,33,35-36,38-39,42,44,59H,4,7-8,13-14,18-24,26-32,34,37H2,1-3H3,(H,63,64)/t38-,39-,42+,54?,55?/m1/s1. The second-order valence-electron chi connectivity index (χ2n) is 20.0. The van der Waals surface area contributed by atoms with E-state index < -0.39 is 17.7 Å². The first kappa shape index (κ1) is 48.6. The number of aromatic nitrogens is 1. The summed E-state index contributed by atoms with van der Waals surface area (Å²) in [5.74, 6) is 2.81. The summed E-state index contributed by atoms with van der Waals surface area (Å²) in [4.78, 5) is 35.1. The molecule has 0 radical (unpaired) electrons. The Morgan fingerprint density at radius 2 is 1.75 bits per heavy atom. The number of carboxylic acids is 1. The highest BCUT2D eigenvalue weighted by atomic mass is 35.5. The molecule has 12 heteroatoms. The van der Waals surface area contributed by atoms with Crippen molar-refractivity contribution in [1.29, 1.82) is 0 Å². The topological polar surface area (TPSA) is 113 Å². The minimum Gasteiger partial charge on any atom is -0.494 e. The van der Waals surface area contributed by atoms with Gasteiger partial charge in [-0.1, -0.05) is 49.7 Å². The number of likely N-dealkylation sites (tertiary alicyclic amines) is 1. The summed E-state index contributed by atoms with van der Waals surface area (Å²) in [6, 6.07) is 23.9. The highest BCUT2D eigenvalue weighted by Gasteiger charge is 2.54. The van der Waals surface area contributed by atoms with Crippen molar-refractivity contribution in [3.8, 4) is 17.2 Å². The van der Waals surface area contributed by atoms with Gasteiger partial charge in [-0.15, -0.1) is 0 Å². The molecule has 8 rings (SSSR count). The molecule has 3 aromatic carbocycles. The lowest BCUT2D eigenvalue weighted by molar-refractivity contribution is -0.144. The molecule has 3 aliphatic carbocycles. The van der Waals surface area contributed by atoms with Gasteiger partial charge in [-0.2, -0.15) is 0 Å². The number of carboxylic acid groups (broad SMARTS) is 1. The summed E-state index contributed by atoms with van der Waals surface area (Å²) >= 11 is 6.33. The van der Waals surface area contributed by atoms with Gasteiger partial charge in [0, 0.05) is 67.8 Å². The van der Waals surface area contributed by atoms with Crippen LogP contribution in [0.1, 0.15) is 118 Å². The number of alkyl halides is 1. The van der Waals surface area contributed by atoms with Gasteiger partial charge >= 0.3 is 5.97 Å². The van der Waals surface area contributed by atoms with Crippen LogP contribution >= 0.6 is 11.6 Å². The number of piperidine rings is 1. The molecule has 1 amide bonds. The third-order valence-corrected chi connectivity index (χ3v) is 15.6. The Bertz CT molecular complexity index is 2310. The maximum atomic E-state index is 13.5. The van der Waals surface area contributed by atoms with Crippen LogP contribution in [0.4, 0.5) is 10.1 Å². The number of amides is 1. The van der Waals surface area contributed by atoms with Crippen molar-refractivity contribution in [2.75, 3.05) is 58.4 Å². The van der Waals surface area contributed by atoms with Crippen molar-refractivity contribution in [3.05, 3.63) is 112 Å². The van der Waals surface area contributed by atoms with Gasteiger partial charge in [0.05, 0.1) is 13.2 Å². The number of aryl methyl sites for hydroxylation is 1. The average molecular weight is 938 g/mol. The Kier molecular flexibility index (Phi) is 16.0. The van der Waals surface area contributed by atoms with Gasteiger partial charge < -0.3 is 29.5 Å². The smallest absolute Gasteiger partial charge is 0.329 e. The number of benzene rings is 3. The molecule has 2 N–H and O–H groups in total. The van der Waals surface area contributed by atoms with E-state index in [0.717, 1.165) is 93.8 Å². The van der Waals surface area contributed by atoms with Gasteiger partial charge in [-0.3, -0.25) is 14.7 Å². The largest absolute Gasteiger partial charge is 0.494 e. The maximum Gasteiger partial charge on any atom is 0.329 e. The fraction of sp³-hybridized carbons (Fsp3) is 0.545. The van der Waals surface area contributed by atoms with Crippen LogP contribution in [0.3, 0.4) is 0 Å². The number of anilines is 1. The molecule has 1 aliphatic heterocycles. The fourth-order valence-corrected chi connectivity index (χ4v) is 11.6. The minimum atomic E-state index is -1.11. The zero-order valence-electron chi connectivity index (χ0n) is 39.8. The lowest BCUT2D eigenvalue weighted by Gasteiger charge is -2.47. The Morgan fingerprint density at radius 3 is 2.54 bits per heavy atom. The number of carbonyl (C=O) groups is 2. The van der Waals surface area contributed by atoms with Crippen LogP contribution < -0.4 is 19.5 Å². The molecule has 4 aliphatic rings. The van der Waals surface area contributed by atoms with Crippen molar-refractivity contribution in [2.45, 2.75) is 127 Å². The second kappa shape index (κ2) is 22.0. The first-order valence-corrected chi connectivity index (χ1v) is 25.2. The predicted molar refractivity (Wildman–Crippen MR) is 263 cm³/mol.